The molecule has 1 saturated heterocycles. The summed E-state index contributed by atoms with van der Waals surface area (Å²) in [7, 11) is 0. The van der Waals surface area contributed by atoms with E-state index in [4.69, 9.17) is 5.10 Å². The molecule has 30 heavy (non-hydrogen) atoms. The molecule has 0 spiro atoms. The molecule has 7 heteroatoms. The molecule has 3 heterocycles. The van der Waals surface area contributed by atoms with Gasteiger partial charge in [0.2, 0.25) is 5.91 Å². The standard InChI is InChI=1S/C23H22N6O/c30-22(17-18-7-3-1-4-8-18)28-15-13-27(14-16-28)21-12-11-20-24-25-23(29(20)26-21)19-9-5-2-6-10-19/h1-12H,13-17H2. The summed E-state index contributed by atoms with van der Waals surface area (Å²) in [6.07, 6.45) is 0.451. The highest BCUT2D eigenvalue weighted by molar-refractivity contribution is 5.79. The van der Waals surface area contributed by atoms with Gasteiger partial charge >= 0.3 is 0 Å². The molecule has 1 fully saturated rings. The number of carbonyl (C=O) groups excluding carboxylic acids is 1. The van der Waals surface area contributed by atoms with Gasteiger partial charge < -0.3 is 9.80 Å². The lowest BCUT2D eigenvalue weighted by molar-refractivity contribution is -0.130. The number of benzene rings is 2. The number of amides is 1. The number of anilines is 1. The van der Waals surface area contributed by atoms with Gasteiger partial charge in [-0.15, -0.1) is 15.3 Å². The molecule has 150 valence electrons. The largest absolute Gasteiger partial charge is 0.352 e. The maximum Gasteiger partial charge on any atom is 0.227 e. The maximum atomic E-state index is 12.6. The van der Waals surface area contributed by atoms with Crippen molar-refractivity contribution in [3.63, 3.8) is 0 Å². The van der Waals surface area contributed by atoms with Crippen LogP contribution in [0.1, 0.15) is 5.56 Å². The Morgan fingerprint density at radius 3 is 2.23 bits per heavy atom. The highest BCUT2D eigenvalue weighted by Crippen LogP contribution is 2.20. The number of nitrogens with zero attached hydrogens (tertiary/aromatic N) is 6. The van der Waals surface area contributed by atoms with E-state index >= 15 is 0 Å². The van der Waals surface area contributed by atoms with Crippen LogP contribution in [0.15, 0.2) is 72.8 Å². The number of hydrogen-bond donors (Lipinski definition) is 0. The number of aromatic nitrogens is 4. The molecule has 0 N–H and O–H groups in total. The van der Waals surface area contributed by atoms with Crippen molar-refractivity contribution in [2.24, 2.45) is 0 Å². The van der Waals surface area contributed by atoms with Crippen molar-refractivity contribution in [3.8, 4) is 11.4 Å². The average Bonchev–Trinajstić information content (AvgIpc) is 3.24. The van der Waals surface area contributed by atoms with Crippen LogP contribution in [-0.4, -0.2) is 56.8 Å². The summed E-state index contributed by atoms with van der Waals surface area (Å²) >= 11 is 0. The van der Waals surface area contributed by atoms with Gasteiger partial charge in [-0.2, -0.15) is 4.52 Å². The second kappa shape index (κ2) is 7.94. The highest BCUT2D eigenvalue weighted by Gasteiger charge is 2.22. The fourth-order valence-electron chi connectivity index (χ4n) is 3.78. The van der Waals surface area contributed by atoms with Gasteiger partial charge in [-0.25, -0.2) is 0 Å². The molecule has 7 nitrogen and oxygen atoms in total. The first-order chi connectivity index (χ1) is 14.8. The Bertz CT molecular complexity index is 1150. The van der Waals surface area contributed by atoms with Gasteiger partial charge in [0.05, 0.1) is 6.42 Å². The van der Waals surface area contributed by atoms with Crippen molar-refractivity contribution in [2.75, 3.05) is 31.1 Å². The van der Waals surface area contributed by atoms with Crippen LogP contribution in [0.3, 0.4) is 0 Å². The third-order valence-electron chi connectivity index (χ3n) is 5.44. The lowest BCUT2D eigenvalue weighted by Gasteiger charge is -2.35. The van der Waals surface area contributed by atoms with Crippen LogP contribution >= 0.6 is 0 Å². The molecule has 1 aliphatic heterocycles. The van der Waals surface area contributed by atoms with Crippen LogP contribution in [0.4, 0.5) is 5.82 Å². The molecule has 2 aromatic carbocycles. The molecule has 0 atom stereocenters. The summed E-state index contributed by atoms with van der Waals surface area (Å²) in [5.41, 5.74) is 2.75. The van der Waals surface area contributed by atoms with Gasteiger partial charge in [0.15, 0.2) is 11.5 Å². The molecule has 2 aromatic heterocycles. The summed E-state index contributed by atoms with van der Waals surface area (Å²) < 4.78 is 1.79. The molecule has 4 aromatic rings. The van der Waals surface area contributed by atoms with E-state index in [1.165, 1.54) is 0 Å². The van der Waals surface area contributed by atoms with E-state index in [1.807, 2.05) is 77.7 Å². The van der Waals surface area contributed by atoms with Crippen LogP contribution in [-0.2, 0) is 11.2 Å². The zero-order valence-electron chi connectivity index (χ0n) is 16.6. The van der Waals surface area contributed by atoms with Crippen molar-refractivity contribution in [2.45, 2.75) is 6.42 Å². The second-order valence-corrected chi connectivity index (χ2v) is 7.38. The van der Waals surface area contributed by atoms with Crippen LogP contribution < -0.4 is 4.90 Å². The number of piperazine rings is 1. The fourth-order valence-corrected chi connectivity index (χ4v) is 3.78. The average molecular weight is 398 g/mol. The Balaban J connectivity index is 1.30. The highest BCUT2D eigenvalue weighted by atomic mass is 16.2. The van der Waals surface area contributed by atoms with Crippen molar-refractivity contribution >= 4 is 17.4 Å². The van der Waals surface area contributed by atoms with Gasteiger partial charge in [0, 0.05) is 31.7 Å². The lowest BCUT2D eigenvalue weighted by atomic mass is 10.1. The zero-order chi connectivity index (χ0) is 20.3. The van der Waals surface area contributed by atoms with Gasteiger partial charge in [-0.1, -0.05) is 60.7 Å². The minimum Gasteiger partial charge on any atom is -0.352 e. The summed E-state index contributed by atoms with van der Waals surface area (Å²) in [5, 5.41) is 13.3. The minimum atomic E-state index is 0.175. The van der Waals surface area contributed by atoms with Crippen molar-refractivity contribution < 1.29 is 4.79 Å². The van der Waals surface area contributed by atoms with Crippen LogP contribution in [0.5, 0.6) is 0 Å². The topological polar surface area (TPSA) is 66.6 Å². The van der Waals surface area contributed by atoms with E-state index in [2.05, 4.69) is 15.1 Å². The number of hydrogen-bond acceptors (Lipinski definition) is 5. The van der Waals surface area contributed by atoms with Gasteiger partial charge in [-0.05, 0) is 17.7 Å². The fraction of sp³-hybridized carbons (Fsp3) is 0.217. The van der Waals surface area contributed by atoms with Crippen LogP contribution in [0.25, 0.3) is 17.0 Å². The molecule has 5 rings (SSSR count). The number of carbonyl (C=O) groups is 1. The summed E-state index contributed by atoms with van der Waals surface area (Å²) in [4.78, 5) is 16.8. The molecular formula is C23H22N6O. The Morgan fingerprint density at radius 2 is 1.50 bits per heavy atom. The number of rotatable bonds is 4. The Hall–Kier alpha value is -3.74. The smallest absolute Gasteiger partial charge is 0.227 e. The molecule has 1 aliphatic rings. The summed E-state index contributed by atoms with van der Waals surface area (Å²) in [6, 6.07) is 23.7. The van der Waals surface area contributed by atoms with Gasteiger partial charge in [-0.3, -0.25) is 4.79 Å². The molecule has 0 radical (unpaired) electrons. The number of fused-ring (bicyclic) bond motifs is 1. The quantitative estimate of drug-likeness (QED) is 0.529. The molecular weight excluding hydrogens is 376 g/mol. The monoisotopic (exact) mass is 398 g/mol. The summed E-state index contributed by atoms with van der Waals surface area (Å²) in [5.74, 6) is 1.77. The first-order valence-corrected chi connectivity index (χ1v) is 10.1. The van der Waals surface area contributed by atoms with E-state index in [9.17, 15) is 4.79 Å². The van der Waals surface area contributed by atoms with E-state index < -0.39 is 0 Å². The van der Waals surface area contributed by atoms with E-state index in [0.717, 1.165) is 35.9 Å². The lowest BCUT2D eigenvalue weighted by Crippen LogP contribution is -2.49. The van der Waals surface area contributed by atoms with Gasteiger partial charge in [0.25, 0.3) is 0 Å². The van der Waals surface area contributed by atoms with Crippen LogP contribution in [0.2, 0.25) is 0 Å². The minimum absolute atomic E-state index is 0.175. The van der Waals surface area contributed by atoms with Crippen molar-refractivity contribution in [1.29, 1.82) is 0 Å². The molecule has 1 amide bonds. The van der Waals surface area contributed by atoms with Crippen molar-refractivity contribution in [3.05, 3.63) is 78.4 Å². The normalized spacial score (nSPS) is 14.3. The summed E-state index contributed by atoms with van der Waals surface area (Å²) in [6.45, 7) is 2.89. The maximum absolute atomic E-state index is 12.6. The third-order valence-corrected chi connectivity index (χ3v) is 5.44. The first-order valence-electron chi connectivity index (χ1n) is 10.1. The third kappa shape index (κ3) is 3.61. The van der Waals surface area contributed by atoms with Crippen molar-refractivity contribution in [1.82, 2.24) is 24.7 Å². The molecule has 0 unspecified atom stereocenters. The molecule has 0 bridgehead atoms. The van der Waals surface area contributed by atoms with E-state index in [-0.39, 0.29) is 5.91 Å². The van der Waals surface area contributed by atoms with Gasteiger partial charge in [0.1, 0.15) is 5.82 Å². The molecule has 0 saturated carbocycles. The predicted molar refractivity (Wildman–Crippen MR) is 115 cm³/mol. The van der Waals surface area contributed by atoms with E-state index in [0.29, 0.717) is 25.2 Å². The SMILES string of the molecule is O=C(Cc1ccccc1)N1CCN(c2ccc3nnc(-c4ccccc4)n3n2)CC1. The zero-order valence-corrected chi connectivity index (χ0v) is 16.6. The Labute approximate surface area is 174 Å². The Morgan fingerprint density at radius 1 is 0.800 bits per heavy atom. The first kappa shape index (κ1) is 18.3. The Kier molecular flexibility index (Phi) is 4.85. The second-order valence-electron chi connectivity index (χ2n) is 7.38. The predicted octanol–water partition coefficient (Wildman–Crippen LogP) is 2.68. The molecule has 0 aliphatic carbocycles. The van der Waals surface area contributed by atoms with Crippen LogP contribution in [0, 0.1) is 0 Å². The van der Waals surface area contributed by atoms with E-state index in [1.54, 1.807) is 4.52 Å².